The Labute approximate surface area is 139 Å². The van der Waals surface area contributed by atoms with Gasteiger partial charge in [-0.1, -0.05) is 30.3 Å². The lowest BCUT2D eigenvalue weighted by Gasteiger charge is -2.23. The third-order valence-corrected chi connectivity index (χ3v) is 3.96. The van der Waals surface area contributed by atoms with Gasteiger partial charge in [0.15, 0.2) is 0 Å². The first-order valence-electron chi connectivity index (χ1n) is 8.50. The molecule has 0 N–H and O–H groups in total. The summed E-state index contributed by atoms with van der Waals surface area (Å²) in [5.74, 6) is 2.38. The molecule has 2 aromatic rings. The molecule has 0 spiro atoms. The molecular weight excluding hydrogens is 286 g/mol. The summed E-state index contributed by atoms with van der Waals surface area (Å²) in [6, 6.07) is 10.3. The van der Waals surface area contributed by atoms with Gasteiger partial charge in [-0.25, -0.2) is 0 Å². The zero-order chi connectivity index (χ0) is 16.7. The molecule has 23 heavy (non-hydrogen) atoms. The van der Waals surface area contributed by atoms with Crippen molar-refractivity contribution < 1.29 is 0 Å². The lowest BCUT2D eigenvalue weighted by Crippen LogP contribution is -2.29. The molecule has 5 nitrogen and oxygen atoms in total. The molecule has 0 saturated carbocycles. The smallest absolute Gasteiger partial charge is 0.230 e. The van der Waals surface area contributed by atoms with Crippen LogP contribution in [0.25, 0.3) is 0 Å². The molecule has 0 aliphatic heterocycles. The Morgan fingerprint density at radius 2 is 1.17 bits per heavy atom. The maximum Gasteiger partial charge on any atom is 0.230 e. The first-order valence-corrected chi connectivity index (χ1v) is 8.50. The van der Waals surface area contributed by atoms with E-state index in [1.54, 1.807) is 0 Å². The minimum atomic E-state index is 0.728. The summed E-state index contributed by atoms with van der Waals surface area (Å²) in [5, 5.41) is 0. The van der Waals surface area contributed by atoms with Crippen molar-refractivity contribution in [1.29, 1.82) is 0 Å². The van der Waals surface area contributed by atoms with E-state index in [0.29, 0.717) is 0 Å². The summed E-state index contributed by atoms with van der Waals surface area (Å²) in [5.41, 5.74) is 1.22. The fraction of sp³-hybridized carbons (Fsp3) is 0.500. The SMILES string of the molecule is CCN(CC)c1nc(Cc2ccccc2)nc(N(CC)CC)n1. The Morgan fingerprint density at radius 1 is 0.696 bits per heavy atom. The molecule has 0 bridgehead atoms. The van der Waals surface area contributed by atoms with Crippen molar-refractivity contribution in [2.75, 3.05) is 36.0 Å². The number of aromatic nitrogens is 3. The van der Waals surface area contributed by atoms with Crippen molar-refractivity contribution in [1.82, 2.24) is 15.0 Å². The van der Waals surface area contributed by atoms with Gasteiger partial charge in [0.2, 0.25) is 11.9 Å². The first-order chi connectivity index (χ1) is 11.2. The van der Waals surface area contributed by atoms with E-state index in [1.165, 1.54) is 5.56 Å². The van der Waals surface area contributed by atoms with Crippen molar-refractivity contribution in [3.05, 3.63) is 41.7 Å². The molecule has 0 aliphatic carbocycles. The molecule has 0 saturated heterocycles. The molecule has 1 heterocycles. The number of anilines is 2. The Balaban J connectivity index is 2.39. The summed E-state index contributed by atoms with van der Waals surface area (Å²) >= 11 is 0. The predicted molar refractivity (Wildman–Crippen MR) is 96.2 cm³/mol. The number of benzene rings is 1. The third kappa shape index (κ3) is 4.41. The normalized spacial score (nSPS) is 10.6. The van der Waals surface area contributed by atoms with E-state index >= 15 is 0 Å². The highest BCUT2D eigenvalue weighted by atomic mass is 15.3. The third-order valence-electron chi connectivity index (χ3n) is 3.96. The van der Waals surface area contributed by atoms with Gasteiger partial charge < -0.3 is 9.80 Å². The Bertz CT molecular complexity index is 561. The molecular formula is C18H27N5. The number of hydrogen-bond donors (Lipinski definition) is 0. The summed E-state index contributed by atoms with van der Waals surface area (Å²) < 4.78 is 0. The molecule has 124 valence electrons. The molecule has 1 aromatic heterocycles. The van der Waals surface area contributed by atoms with Crippen LogP contribution in [-0.2, 0) is 6.42 Å². The summed E-state index contributed by atoms with van der Waals surface area (Å²) in [6.45, 7) is 12.1. The molecule has 0 atom stereocenters. The lowest BCUT2D eigenvalue weighted by molar-refractivity contribution is 0.758. The van der Waals surface area contributed by atoms with E-state index in [1.807, 2.05) is 18.2 Å². The van der Waals surface area contributed by atoms with E-state index in [-0.39, 0.29) is 0 Å². The summed E-state index contributed by atoms with van der Waals surface area (Å²) in [6.07, 6.45) is 0.728. The van der Waals surface area contributed by atoms with Gasteiger partial charge in [-0.2, -0.15) is 15.0 Å². The first kappa shape index (κ1) is 17.2. The highest BCUT2D eigenvalue weighted by Crippen LogP contribution is 2.16. The van der Waals surface area contributed by atoms with Crippen LogP contribution < -0.4 is 9.80 Å². The maximum atomic E-state index is 4.70. The van der Waals surface area contributed by atoms with Crippen LogP contribution in [0.1, 0.15) is 39.1 Å². The molecule has 0 aliphatic rings. The van der Waals surface area contributed by atoms with Gasteiger partial charge in [-0.15, -0.1) is 0 Å². The minimum absolute atomic E-state index is 0.728. The van der Waals surface area contributed by atoms with Gasteiger partial charge >= 0.3 is 0 Å². The highest BCUT2D eigenvalue weighted by Gasteiger charge is 2.14. The lowest BCUT2D eigenvalue weighted by atomic mass is 10.1. The van der Waals surface area contributed by atoms with Gasteiger partial charge in [-0.3, -0.25) is 0 Å². The van der Waals surface area contributed by atoms with Gasteiger partial charge in [0.25, 0.3) is 0 Å². The molecule has 5 heteroatoms. The van der Waals surface area contributed by atoms with Crippen LogP contribution in [0.4, 0.5) is 11.9 Å². The van der Waals surface area contributed by atoms with E-state index in [4.69, 9.17) is 9.97 Å². The second kappa shape index (κ2) is 8.46. The van der Waals surface area contributed by atoms with E-state index in [9.17, 15) is 0 Å². The average molecular weight is 313 g/mol. The fourth-order valence-electron chi connectivity index (χ4n) is 2.55. The molecule has 1 aromatic carbocycles. The van der Waals surface area contributed by atoms with Crippen LogP contribution in [-0.4, -0.2) is 41.1 Å². The van der Waals surface area contributed by atoms with Crippen LogP contribution >= 0.6 is 0 Å². The molecule has 0 amide bonds. The summed E-state index contributed by atoms with van der Waals surface area (Å²) in [4.78, 5) is 18.4. The summed E-state index contributed by atoms with van der Waals surface area (Å²) in [7, 11) is 0. The molecule has 2 rings (SSSR count). The van der Waals surface area contributed by atoms with E-state index < -0.39 is 0 Å². The zero-order valence-electron chi connectivity index (χ0n) is 14.7. The average Bonchev–Trinajstić information content (AvgIpc) is 2.58. The monoisotopic (exact) mass is 313 g/mol. The number of rotatable bonds is 8. The molecule has 0 unspecified atom stereocenters. The van der Waals surface area contributed by atoms with Gasteiger partial charge in [-0.05, 0) is 33.3 Å². The standard InChI is InChI=1S/C18H27N5/c1-5-22(6-2)17-19-16(14-15-12-10-9-11-13-15)20-18(21-17)23(7-3)8-4/h9-13H,5-8,14H2,1-4H3. The quantitative estimate of drug-likeness (QED) is 0.749. The van der Waals surface area contributed by atoms with E-state index in [2.05, 4.69) is 54.6 Å². The van der Waals surface area contributed by atoms with Crippen molar-refractivity contribution in [2.24, 2.45) is 0 Å². The molecule has 0 fully saturated rings. The number of nitrogens with zero attached hydrogens (tertiary/aromatic N) is 5. The van der Waals surface area contributed by atoms with Crippen LogP contribution in [0, 0.1) is 0 Å². The maximum absolute atomic E-state index is 4.70. The predicted octanol–water partition coefficient (Wildman–Crippen LogP) is 3.15. The second-order valence-corrected chi connectivity index (χ2v) is 5.36. The van der Waals surface area contributed by atoms with Crippen molar-refractivity contribution in [3.63, 3.8) is 0 Å². The van der Waals surface area contributed by atoms with Gasteiger partial charge in [0.05, 0.1) is 0 Å². The van der Waals surface area contributed by atoms with E-state index in [0.717, 1.165) is 50.3 Å². The molecule has 0 radical (unpaired) electrons. The second-order valence-electron chi connectivity index (χ2n) is 5.36. The van der Waals surface area contributed by atoms with Crippen LogP contribution in [0.2, 0.25) is 0 Å². The Kier molecular flexibility index (Phi) is 6.32. The fourth-order valence-corrected chi connectivity index (χ4v) is 2.55. The van der Waals surface area contributed by atoms with Crippen molar-refractivity contribution in [2.45, 2.75) is 34.1 Å². The topological polar surface area (TPSA) is 45.2 Å². The Hall–Kier alpha value is -2.17. The van der Waals surface area contributed by atoms with Gasteiger partial charge in [0, 0.05) is 32.6 Å². The largest absolute Gasteiger partial charge is 0.341 e. The highest BCUT2D eigenvalue weighted by molar-refractivity contribution is 5.39. The Morgan fingerprint density at radius 3 is 1.61 bits per heavy atom. The van der Waals surface area contributed by atoms with Gasteiger partial charge in [0.1, 0.15) is 5.82 Å². The van der Waals surface area contributed by atoms with Crippen molar-refractivity contribution >= 4 is 11.9 Å². The van der Waals surface area contributed by atoms with Crippen molar-refractivity contribution in [3.8, 4) is 0 Å². The number of hydrogen-bond acceptors (Lipinski definition) is 5. The zero-order valence-corrected chi connectivity index (χ0v) is 14.7. The van der Waals surface area contributed by atoms with Crippen LogP contribution in [0.3, 0.4) is 0 Å². The minimum Gasteiger partial charge on any atom is -0.341 e. The van der Waals surface area contributed by atoms with Crippen LogP contribution in [0.15, 0.2) is 30.3 Å². The van der Waals surface area contributed by atoms with Crippen LogP contribution in [0.5, 0.6) is 0 Å².